The molecule has 12 heteroatoms. The molecule has 0 radical (unpaired) electrons. The number of hydrogen-bond donors (Lipinski definition) is 0. The number of carbonyl (C=O) groups excluding carboxylic acids is 1. The summed E-state index contributed by atoms with van der Waals surface area (Å²) in [5, 5.41) is 24.6. The maximum atomic E-state index is 13.4. The Morgan fingerprint density at radius 2 is 1.86 bits per heavy atom. The van der Waals surface area contributed by atoms with Gasteiger partial charge >= 0.3 is 12.4 Å². The molecule has 1 aliphatic rings. The van der Waals surface area contributed by atoms with Gasteiger partial charge in [0.2, 0.25) is 0 Å². The van der Waals surface area contributed by atoms with E-state index in [9.17, 15) is 23.2 Å². The lowest BCUT2D eigenvalue weighted by Crippen LogP contribution is -2.44. The number of urea groups is 1. The van der Waals surface area contributed by atoms with Gasteiger partial charge < -0.3 is 9.64 Å². The number of likely N-dealkylation sites (N-methyl/N-ethyl adjacent to an activating group) is 1. The fourth-order valence-electron chi connectivity index (χ4n) is 3.53. The van der Waals surface area contributed by atoms with Crippen LogP contribution < -0.4 is 9.64 Å². The Morgan fingerprint density at radius 3 is 2.42 bits per heavy atom. The first-order valence-corrected chi connectivity index (χ1v) is 10.9. The number of nitriles is 2. The second-order valence-corrected chi connectivity index (χ2v) is 8.18. The highest BCUT2D eigenvalue weighted by Gasteiger charge is 2.36. The van der Waals surface area contributed by atoms with Crippen molar-refractivity contribution in [3.63, 3.8) is 0 Å². The summed E-state index contributed by atoms with van der Waals surface area (Å²) in [6.07, 6.45) is -3.22. The molecule has 0 saturated heterocycles. The Bertz CT molecular complexity index is 1250. The lowest BCUT2D eigenvalue weighted by Gasteiger charge is -2.27. The molecule has 3 rings (SSSR count). The van der Waals surface area contributed by atoms with Gasteiger partial charge in [-0.25, -0.2) is 9.80 Å². The predicted molar refractivity (Wildman–Crippen MR) is 127 cm³/mol. The molecule has 0 aromatic heterocycles. The first-order chi connectivity index (χ1) is 17.0. The van der Waals surface area contributed by atoms with Crippen LogP contribution in [-0.4, -0.2) is 54.2 Å². The van der Waals surface area contributed by atoms with Crippen molar-refractivity contribution in [2.45, 2.75) is 19.3 Å². The van der Waals surface area contributed by atoms with E-state index in [-0.39, 0.29) is 18.8 Å². The molecule has 2 amide bonds. The van der Waals surface area contributed by atoms with E-state index in [0.717, 1.165) is 17.0 Å². The summed E-state index contributed by atoms with van der Waals surface area (Å²) in [4.78, 5) is 16.3. The third-order valence-corrected chi connectivity index (χ3v) is 5.41. The van der Waals surface area contributed by atoms with Gasteiger partial charge in [0, 0.05) is 35.1 Å². The van der Waals surface area contributed by atoms with Crippen molar-refractivity contribution < 1.29 is 22.7 Å². The van der Waals surface area contributed by atoms with Crippen LogP contribution in [0.15, 0.2) is 65.4 Å². The van der Waals surface area contributed by atoms with E-state index >= 15 is 0 Å². The average molecular weight is 517 g/mol. The normalized spacial score (nSPS) is 15.6. The van der Waals surface area contributed by atoms with E-state index in [1.807, 2.05) is 12.1 Å². The molecule has 0 N–H and O–H groups in total. The summed E-state index contributed by atoms with van der Waals surface area (Å²) in [5.41, 5.74) is 1.88. The zero-order valence-electron chi connectivity index (χ0n) is 19.2. The molecular weight excluding hydrogens is 497 g/mol. The van der Waals surface area contributed by atoms with Gasteiger partial charge in [0.15, 0.2) is 0 Å². The van der Waals surface area contributed by atoms with Crippen LogP contribution in [0.25, 0.3) is 0 Å². The molecule has 2 aromatic carbocycles. The minimum Gasteiger partial charge on any atom is -0.406 e. The van der Waals surface area contributed by atoms with Gasteiger partial charge in [-0.1, -0.05) is 23.7 Å². The van der Waals surface area contributed by atoms with E-state index in [1.165, 1.54) is 17.1 Å². The van der Waals surface area contributed by atoms with Crippen molar-refractivity contribution in [2.75, 3.05) is 25.0 Å². The molecule has 8 nitrogen and oxygen atoms in total. The van der Waals surface area contributed by atoms with Gasteiger partial charge in [-0.2, -0.15) is 15.6 Å². The van der Waals surface area contributed by atoms with Crippen LogP contribution in [0.4, 0.5) is 23.7 Å². The van der Waals surface area contributed by atoms with Crippen LogP contribution in [-0.2, 0) is 0 Å². The van der Waals surface area contributed by atoms with Crippen LogP contribution in [0.3, 0.4) is 0 Å². The molecule has 0 bridgehead atoms. The highest BCUT2D eigenvalue weighted by molar-refractivity contribution is 6.30. The van der Waals surface area contributed by atoms with Crippen molar-refractivity contribution in [3.05, 3.63) is 70.9 Å². The maximum absolute atomic E-state index is 13.4. The second kappa shape index (κ2) is 11.0. The molecule has 1 aliphatic heterocycles. The van der Waals surface area contributed by atoms with Crippen LogP contribution in [0, 0.1) is 22.7 Å². The van der Waals surface area contributed by atoms with Crippen molar-refractivity contribution in [1.29, 1.82) is 10.5 Å². The van der Waals surface area contributed by atoms with Crippen molar-refractivity contribution >= 4 is 29.0 Å². The number of alkyl halides is 3. The zero-order chi connectivity index (χ0) is 26.5. The highest BCUT2D eigenvalue weighted by Crippen LogP contribution is 2.27. The Hall–Kier alpha value is -4.22. The Kier molecular flexibility index (Phi) is 8.07. The van der Waals surface area contributed by atoms with Crippen LogP contribution in [0.5, 0.6) is 5.75 Å². The van der Waals surface area contributed by atoms with Gasteiger partial charge in [0.1, 0.15) is 12.3 Å². The van der Waals surface area contributed by atoms with Gasteiger partial charge in [0.05, 0.1) is 30.4 Å². The number of hydrazone groups is 1. The summed E-state index contributed by atoms with van der Waals surface area (Å²) in [6.45, 7) is 1.38. The predicted octanol–water partition coefficient (Wildman–Crippen LogP) is 5.14. The van der Waals surface area contributed by atoms with E-state index < -0.39 is 24.2 Å². The standard InChI is InChI=1S/C24H20ClF3N6O2/c1-16(13-30)14-32(2)21-15-34(31-22(21)17-3-5-18(25)6-4-17)23(35)33(12-11-29)19-7-9-20(10-8-19)36-24(26,27)28/h3-10,14,21H,12,15H2,1-2H3/b16-14+. The number of benzene rings is 2. The maximum Gasteiger partial charge on any atom is 0.573 e. The summed E-state index contributed by atoms with van der Waals surface area (Å²) in [6, 6.07) is 14.3. The minimum absolute atomic E-state index is 0.0969. The topological polar surface area (TPSA) is 96.0 Å². The fraction of sp³-hybridized carbons (Fsp3) is 0.250. The number of hydrogen-bond acceptors (Lipinski definition) is 6. The molecule has 1 heterocycles. The van der Waals surface area contributed by atoms with Gasteiger partial charge in [-0.05, 0) is 43.3 Å². The largest absolute Gasteiger partial charge is 0.573 e. The van der Waals surface area contributed by atoms with Crippen molar-refractivity contribution in [2.24, 2.45) is 5.10 Å². The quantitative estimate of drug-likeness (QED) is 0.391. The first-order valence-electron chi connectivity index (χ1n) is 10.5. The first kappa shape index (κ1) is 26.4. The Labute approximate surface area is 210 Å². The van der Waals surface area contributed by atoms with Gasteiger partial charge in [-0.15, -0.1) is 13.2 Å². The summed E-state index contributed by atoms with van der Waals surface area (Å²) in [7, 11) is 1.75. The molecule has 2 aromatic rings. The molecule has 36 heavy (non-hydrogen) atoms. The Balaban J connectivity index is 1.93. The van der Waals surface area contributed by atoms with Crippen molar-refractivity contribution in [3.8, 4) is 17.9 Å². The van der Waals surface area contributed by atoms with E-state index in [1.54, 1.807) is 49.3 Å². The number of allylic oxidation sites excluding steroid dienone is 1. The van der Waals surface area contributed by atoms with E-state index in [2.05, 4.69) is 9.84 Å². The summed E-state index contributed by atoms with van der Waals surface area (Å²) >= 11 is 6.01. The molecule has 1 unspecified atom stereocenters. The molecule has 0 saturated carbocycles. The van der Waals surface area contributed by atoms with E-state index in [4.69, 9.17) is 16.9 Å². The molecule has 0 aliphatic carbocycles. The van der Waals surface area contributed by atoms with Gasteiger partial charge in [0.25, 0.3) is 0 Å². The lowest BCUT2D eigenvalue weighted by atomic mass is 10.0. The Morgan fingerprint density at radius 1 is 1.22 bits per heavy atom. The fourth-order valence-corrected chi connectivity index (χ4v) is 3.66. The van der Waals surface area contributed by atoms with Crippen LogP contribution in [0.1, 0.15) is 12.5 Å². The number of carbonyl (C=O) groups is 1. The van der Waals surface area contributed by atoms with Gasteiger partial charge in [-0.3, -0.25) is 4.90 Å². The summed E-state index contributed by atoms with van der Waals surface area (Å²) < 4.78 is 41.3. The third-order valence-electron chi connectivity index (χ3n) is 5.16. The number of halogens is 4. The van der Waals surface area contributed by atoms with Crippen molar-refractivity contribution in [1.82, 2.24) is 9.91 Å². The van der Waals surface area contributed by atoms with Crippen LogP contribution >= 0.6 is 11.6 Å². The highest BCUT2D eigenvalue weighted by atomic mass is 35.5. The third kappa shape index (κ3) is 6.46. The second-order valence-electron chi connectivity index (χ2n) is 7.75. The molecule has 186 valence electrons. The molecule has 1 atom stereocenters. The SMILES string of the molecule is C/C(C#N)=C\N(C)C1CN(C(=O)N(CC#N)c2ccc(OC(F)(F)F)cc2)N=C1c1ccc(Cl)cc1. The minimum atomic E-state index is -4.86. The molecule has 0 fully saturated rings. The van der Waals surface area contributed by atoms with E-state index in [0.29, 0.717) is 21.9 Å². The monoisotopic (exact) mass is 516 g/mol. The number of ether oxygens (including phenoxy) is 1. The number of amides is 2. The zero-order valence-corrected chi connectivity index (χ0v) is 20.0. The van der Waals surface area contributed by atoms with Crippen LogP contribution in [0.2, 0.25) is 5.02 Å². The summed E-state index contributed by atoms with van der Waals surface area (Å²) in [5.74, 6) is -0.457. The smallest absolute Gasteiger partial charge is 0.406 e. The number of anilines is 1. The number of rotatable bonds is 6. The average Bonchev–Trinajstić information content (AvgIpc) is 3.28. The molecule has 0 spiro atoms. The molecular formula is C24H20ClF3N6O2. The number of nitrogens with zero attached hydrogens (tertiary/aromatic N) is 6. The lowest BCUT2D eigenvalue weighted by molar-refractivity contribution is -0.274.